The molecule has 1 aliphatic carbocycles. The van der Waals surface area contributed by atoms with E-state index in [0.717, 1.165) is 19.5 Å². The van der Waals surface area contributed by atoms with Crippen molar-refractivity contribution in [1.82, 2.24) is 15.5 Å². The van der Waals surface area contributed by atoms with E-state index in [0.29, 0.717) is 6.04 Å². The molecule has 8 heteroatoms. The molecule has 8 nitrogen and oxygen atoms in total. The molecule has 2 atom stereocenters. The first-order chi connectivity index (χ1) is 9.45. The van der Waals surface area contributed by atoms with Crippen LogP contribution < -0.4 is 16.4 Å². The maximum Gasteiger partial charge on any atom is 0.326 e. The van der Waals surface area contributed by atoms with Crippen LogP contribution in [0.2, 0.25) is 0 Å². The highest BCUT2D eigenvalue weighted by atomic mass is 16.4. The highest BCUT2D eigenvalue weighted by Gasteiger charge is 2.35. The van der Waals surface area contributed by atoms with Gasteiger partial charge in [0.15, 0.2) is 0 Å². The molecule has 1 saturated carbocycles. The van der Waals surface area contributed by atoms with Gasteiger partial charge in [0, 0.05) is 25.2 Å². The Balaban J connectivity index is 1.76. The zero-order chi connectivity index (χ0) is 14.7. The van der Waals surface area contributed by atoms with Gasteiger partial charge in [0.1, 0.15) is 6.04 Å². The van der Waals surface area contributed by atoms with Crippen LogP contribution in [0.3, 0.4) is 0 Å². The molecule has 0 aromatic carbocycles. The smallest absolute Gasteiger partial charge is 0.326 e. The number of carboxylic acid groups (broad SMARTS) is 1. The Hall–Kier alpha value is -1.83. The normalized spacial score (nSPS) is 24.1. The van der Waals surface area contributed by atoms with Gasteiger partial charge in [0.05, 0.1) is 6.42 Å². The van der Waals surface area contributed by atoms with Crippen molar-refractivity contribution in [3.8, 4) is 0 Å². The van der Waals surface area contributed by atoms with Crippen LogP contribution in [0.15, 0.2) is 0 Å². The lowest BCUT2D eigenvalue weighted by Crippen LogP contribution is -2.50. The van der Waals surface area contributed by atoms with E-state index in [1.165, 1.54) is 12.8 Å². The number of nitrogens with two attached hydrogens (primary N) is 1. The molecule has 112 valence electrons. The molecule has 0 aromatic heterocycles. The van der Waals surface area contributed by atoms with Crippen LogP contribution in [-0.2, 0) is 9.59 Å². The fraction of sp³-hybridized carbons (Fsp3) is 0.750. The molecule has 20 heavy (non-hydrogen) atoms. The zero-order valence-electron chi connectivity index (χ0n) is 11.2. The lowest BCUT2D eigenvalue weighted by molar-refractivity contribution is -0.140. The van der Waals surface area contributed by atoms with Crippen molar-refractivity contribution >= 4 is 17.9 Å². The fourth-order valence-corrected chi connectivity index (χ4v) is 2.46. The van der Waals surface area contributed by atoms with Gasteiger partial charge in [0.2, 0.25) is 5.91 Å². The molecule has 2 fully saturated rings. The van der Waals surface area contributed by atoms with Gasteiger partial charge in [-0.25, -0.2) is 9.59 Å². The summed E-state index contributed by atoms with van der Waals surface area (Å²) in [6.45, 7) is 1.75. The van der Waals surface area contributed by atoms with E-state index in [1.807, 2.05) is 0 Å². The molecule has 2 unspecified atom stereocenters. The van der Waals surface area contributed by atoms with Crippen LogP contribution in [-0.4, -0.2) is 59.1 Å². The molecule has 3 amide bonds. The molecule has 0 aromatic rings. The number of rotatable bonds is 6. The van der Waals surface area contributed by atoms with Gasteiger partial charge in [-0.2, -0.15) is 0 Å². The number of carbonyl (C=O) groups is 3. The molecule has 2 rings (SSSR count). The summed E-state index contributed by atoms with van der Waals surface area (Å²) in [4.78, 5) is 35.7. The van der Waals surface area contributed by atoms with Crippen LogP contribution in [0.1, 0.15) is 25.7 Å². The van der Waals surface area contributed by atoms with Gasteiger partial charge in [-0.05, 0) is 19.3 Å². The van der Waals surface area contributed by atoms with E-state index in [9.17, 15) is 14.4 Å². The summed E-state index contributed by atoms with van der Waals surface area (Å²) in [5.41, 5.74) is 4.95. The Kier molecular flexibility index (Phi) is 4.43. The summed E-state index contributed by atoms with van der Waals surface area (Å²) in [6.07, 6.45) is 2.89. The van der Waals surface area contributed by atoms with Crippen LogP contribution in [0.4, 0.5) is 4.79 Å². The van der Waals surface area contributed by atoms with Crippen molar-refractivity contribution < 1.29 is 19.5 Å². The van der Waals surface area contributed by atoms with Gasteiger partial charge in [-0.15, -0.1) is 0 Å². The minimum Gasteiger partial charge on any atom is -0.480 e. The van der Waals surface area contributed by atoms with Crippen molar-refractivity contribution in [3.05, 3.63) is 0 Å². The van der Waals surface area contributed by atoms with Gasteiger partial charge in [0.25, 0.3) is 0 Å². The zero-order valence-corrected chi connectivity index (χ0v) is 11.2. The second kappa shape index (κ2) is 6.08. The van der Waals surface area contributed by atoms with Crippen molar-refractivity contribution in [2.24, 2.45) is 5.73 Å². The fourth-order valence-electron chi connectivity index (χ4n) is 2.46. The Labute approximate surface area is 116 Å². The summed E-state index contributed by atoms with van der Waals surface area (Å²) in [7, 11) is 0. The molecule has 5 N–H and O–H groups in total. The number of urea groups is 1. The minimum atomic E-state index is -1.28. The topological polar surface area (TPSA) is 125 Å². The van der Waals surface area contributed by atoms with Gasteiger partial charge >= 0.3 is 12.0 Å². The first-order valence-electron chi connectivity index (χ1n) is 6.78. The van der Waals surface area contributed by atoms with Crippen molar-refractivity contribution in [2.45, 2.75) is 43.8 Å². The van der Waals surface area contributed by atoms with Crippen molar-refractivity contribution in [1.29, 1.82) is 0 Å². The number of aliphatic carboxylic acids is 1. The third-order valence-corrected chi connectivity index (χ3v) is 3.63. The second-order valence-electron chi connectivity index (χ2n) is 5.39. The maximum absolute atomic E-state index is 11.7. The summed E-state index contributed by atoms with van der Waals surface area (Å²) in [5.74, 6) is -2.04. The van der Waals surface area contributed by atoms with E-state index in [1.54, 1.807) is 0 Å². The van der Waals surface area contributed by atoms with E-state index < -0.39 is 30.4 Å². The van der Waals surface area contributed by atoms with E-state index in [2.05, 4.69) is 15.5 Å². The van der Waals surface area contributed by atoms with Crippen molar-refractivity contribution in [2.75, 3.05) is 13.1 Å². The van der Waals surface area contributed by atoms with Gasteiger partial charge < -0.3 is 21.5 Å². The Bertz CT molecular complexity index is 410. The first kappa shape index (κ1) is 14.6. The number of amides is 3. The standard InChI is InChI=1S/C12H20N4O4/c13-10(17)5-9(11(18)19)15-12(20)14-7-3-4-16(6-7)8-1-2-8/h7-9H,1-6H2,(H2,13,17)(H,18,19)(H2,14,15,20). The monoisotopic (exact) mass is 284 g/mol. The highest BCUT2D eigenvalue weighted by Crippen LogP contribution is 2.29. The predicted molar refractivity (Wildman–Crippen MR) is 69.9 cm³/mol. The number of likely N-dealkylation sites (tertiary alicyclic amines) is 1. The summed E-state index contributed by atoms with van der Waals surface area (Å²) in [5, 5.41) is 13.9. The van der Waals surface area contributed by atoms with Crippen LogP contribution in [0.5, 0.6) is 0 Å². The van der Waals surface area contributed by atoms with Crippen LogP contribution in [0, 0.1) is 0 Å². The second-order valence-corrected chi connectivity index (χ2v) is 5.39. The maximum atomic E-state index is 11.7. The SMILES string of the molecule is NC(=O)CC(NC(=O)NC1CCN(C2CC2)C1)C(=O)O. The Morgan fingerprint density at radius 3 is 2.55 bits per heavy atom. The molecule has 0 bridgehead atoms. The number of carbonyl (C=O) groups excluding carboxylic acids is 2. The number of nitrogens with one attached hydrogen (secondary N) is 2. The average molecular weight is 284 g/mol. The number of hydrogen-bond acceptors (Lipinski definition) is 4. The van der Waals surface area contributed by atoms with E-state index in [-0.39, 0.29) is 6.04 Å². The number of hydrogen-bond donors (Lipinski definition) is 4. The highest BCUT2D eigenvalue weighted by molar-refractivity contribution is 5.87. The Morgan fingerprint density at radius 1 is 1.30 bits per heavy atom. The lowest BCUT2D eigenvalue weighted by atomic mass is 10.2. The van der Waals surface area contributed by atoms with Crippen molar-refractivity contribution in [3.63, 3.8) is 0 Å². The Morgan fingerprint density at radius 2 is 2.00 bits per heavy atom. The van der Waals surface area contributed by atoms with E-state index >= 15 is 0 Å². The molecular formula is C12H20N4O4. The van der Waals surface area contributed by atoms with E-state index in [4.69, 9.17) is 10.8 Å². The minimum absolute atomic E-state index is 0.0265. The third-order valence-electron chi connectivity index (χ3n) is 3.63. The third kappa shape index (κ3) is 4.09. The molecular weight excluding hydrogens is 264 g/mol. The quantitative estimate of drug-likeness (QED) is 0.490. The summed E-state index contributed by atoms with van der Waals surface area (Å²) >= 11 is 0. The number of nitrogens with zero attached hydrogens (tertiary/aromatic N) is 1. The van der Waals surface area contributed by atoms with Crippen LogP contribution >= 0.6 is 0 Å². The molecule has 1 aliphatic heterocycles. The first-order valence-corrected chi connectivity index (χ1v) is 6.78. The van der Waals surface area contributed by atoms with Gasteiger partial charge in [-0.1, -0.05) is 0 Å². The number of carboxylic acids is 1. The molecule has 1 saturated heterocycles. The lowest BCUT2D eigenvalue weighted by Gasteiger charge is -2.18. The van der Waals surface area contributed by atoms with Gasteiger partial charge in [-0.3, -0.25) is 9.69 Å². The molecule has 0 spiro atoms. The molecule has 0 radical (unpaired) electrons. The predicted octanol–water partition coefficient (Wildman–Crippen LogP) is -1.15. The number of primary amides is 1. The molecule has 2 aliphatic rings. The average Bonchev–Trinajstić information content (AvgIpc) is 3.09. The largest absolute Gasteiger partial charge is 0.480 e. The summed E-state index contributed by atoms with van der Waals surface area (Å²) < 4.78 is 0. The molecule has 1 heterocycles. The van der Waals surface area contributed by atoms with Crippen LogP contribution in [0.25, 0.3) is 0 Å². The summed E-state index contributed by atoms with van der Waals surface area (Å²) in [6, 6.07) is -1.17.